The Morgan fingerprint density at radius 1 is 1.17 bits per heavy atom. The molecule has 0 aromatic carbocycles. The number of ketones is 2. The molecule has 0 spiro atoms. The smallest absolute Gasteiger partial charge is 0.184 e. The Hall–Kier alpha value is -0.400. The Kier molecular flexibility index (Phi) is 7.39. The molecule has 3 aliphatic rings. The van der Waals surface area contributed by atoms with E-state index in [9.17, 15) is 22.6 Å². The molecular formula is C22H38O5S2. The number of carbonyl (C=O) groups is 2. The maximum absolute atomic E-state index is 11.9. The van der Waals surface area contributed by atoms with E-state index in [1.165, 1.54) is 12.8 Å². The van der Waals surface area contributed by atoms with Gasteiger partial charge in [-0.05, 0) is 68.7 Å². The zero-order valence-electron chi connectivity index (χ0n) is 18.9. The van der Waals surface area contributed by atoms with E-state index in [1.54, 1.807) is 0 Å². The Labute approximate surface area is 179 Å². The second kappa shape index (κ2) is 8.62. The molecule has 0 radical (unpaired) electrons. The van der Waals surface area contributed by atoms with Crippen LogP contribution in [0.15, 0.2) is 0 Å². The highest BCUT2D eigenvalue weighted by Gasteiger charge is 2.64. The lowest BCUT2D eigenvalue weighted by Gasteiger charge is -2.37. The van der Waals surface area contributed by atoms with E-state index in [2.05, 4.69) is 27.0 Å². The molecule has 0 amide bonds. The Bertz CT molecular complexity index is 729. The third kappa shape index (κ3) is 5.45. The van der Waals surface area contributed by atoms with Crippen molar-refractivity contribution in [2.45, 2.75) is 84.3 Å². The van der Waals surface area contributed by atoms with Crippen LogP contribution < -0.4 is 0 Å². The lowest BCUT2D eigenvalue weighted by molar-refractivity contribution is -0.128. The summed E-state index contributed by atoms with van der Waals surface area (Å²) in [5.41, 5.74) is -1.22. The van der Waals surface area contributed by atoms with Crippen LogP contribution in [0.2, 0.25) is 0 Å². The summed E-state index contributed by atoms with van der Waals surface area (Å²) in [6.07, 6.45) is 8.95. The fraction of sp³-hybridized carbons (Fsp3) is 0.909. The first-order valence-corrected chi connectivity index (χ1v) is 14.1. The molecule has 5 nitrogen and oxygen atoms in total. The minimum atomic E-state index is -4.33. The summed E-state index contributed by atoms with van der Waals surface area (Å²) in [7, 11) is -4.09. The fourth-order valence-electron chi connectivity index (χ4n) is 5.21. The molecule has 7 heteroatoms. The monoisotopic (exact) mass is 446 g/mol. The van der Waals surface area contributed by atoms with Crippen molar-refractivity contribution in [2.24, 2.45) is 22.7 Å². The van der Waals surface area contributed by atoms with Crippen LogP contribution >= 0.6 is 0 Å². The number of rotatable bonds is 5. The Morgan fingerprint density at radius 3 is 2.10 bits per heavy atom. The van der Waals surface area contributed by atoms with E-state index in [-0.39, 0.29) is 28.0 Å². The second-order valence-corrected chi connectivity index (χ2v) is 14.9. The third-order valence-electron chi connectivity index (χ3n) is 7.78. The SMILES string of the molecule is CC1(C)C2CCC1(CS(=O)(=O)[O-])C(=O)C2.C[S+](CC(=O)C1CCCC1)C(C)(C)C. The summed E-state index contributed by atoms with van der Waals surface area (Å²) in [6.45, 7) is 10.5. The molecule has 168 valence electrons. The lowest BCUT2D eigenvalue weighted by atomic mass is 9.70. The lowest BCUT2D eigenvalue weighted by Crippen LogP contribution is -2.42. The maximum Gasteiger partial charge on any atom is 0.184 e. The average molecular weight is 447 g/mol. The number of fused-ring (bicyclic) bond motifs is 2. The largest absolute Gasteiger partial charge is 0.748 e. The summed E-state index contributed by atoms with van der Waals surface area (Å²) in [5.74, 6) is 1.47. The minimum absolute atomic E-state index is 0.0248. The standard InChI is InChI=1S/C12H23OS.C10H16O4S/c1-12(2,3)14(4)9-11(13)10-7-5-6-8-10;1-9(2)7-3-4-10(9,8(11)5-7)6-15(12,13)14/h10H,5-9H2,1-4H3;7H,3-6H2,1-2H3,(H,12,13,14)/q+1;/p-1. The molecule has 3 fully saturated rings. The van der Waals surface area contributed by atoms with Gasteiger partial charge in [-0.15, -0.1) is 0 Å². The number of hydrogen-bond acceptors (Lipinski definition) is 5. The van der Waals surface area contributed by atoms with Crippen molar-refractivity contribution in [1.82, 2.24) is 0 Å². The predicted octanol–water partition coefficient (Wildman–Crippen LogP) is 3.72. The molecule has 3 unspecified atom stereocenters. The maximum atomic E-state index is 11.9. The van der Waals surface area contributed by atoms with Gasteiger partial charge in [0.2, 0.25) is 0 Å². The van der Waals surface area contributed by atoms with E-state index in [0.717, 1.165) is 25.0 Å². The van der Waals surface area contributed by atoms with Crippen LogP contribution in [0.5, 0.6) is 0 Å². The topological polar surface area (TPSA) is 91.3 Å². The molecule has 3 saturated carbocycles. The molecule has 3 atom stereocenters. The summed E-state index contributed by atoms with van der Waals surface area (Å²) in [5, 5.41) is 0. The molecule has 0 aromatic rings. The number of carbonyl (C=O) groups excluding carboxylic acids is 2. The van der Waals surface area contributed by atoms with Crippen molar-refractivity contribution in [3.8, 4) is 0 Å². The quantitative estimate of drug-likeness (QED) is 0.474. The van der Waals surface area contributed by atoms with E-state index >= 15 is 0 Å². The van der Waals surface area contributed by atoms with Gasteiger partial charge in [-0.1, -0.05) is 26.7 Å². The Balaban J connectivity index is 0.000000208. The van der Waals surface area contributed by atoms with E-state index in [1.807, 2.05) is 13.8 Å². The van der Waals surface area contributed by atoms with Crippen molar-refractivity contribution < 1.29 is 22.6 Å². The van der Waals surface area contributed by atoms with Crippen LogP contribution in [0.25, 0.3) is 0 Å². The van der Waals surface area contributed by atoms with Gasteiger partial charge in [0, 0.05) is 17.8 Å². The highest BCUT2D eigenvalue weighted by atomic mass is 32.2. The molecule has 2 bridgehead atoms. The van der Waals surface area contributed by atoms with Gasteiger partial charge in [0.15, 0.2) is 11.5 Å². The normalized spacial score (nSPS) is 30.2. The summed E-state index contributed by atoms with van der Waals surface area (Å²) in [6, 6.07) is 0. The van der Waals surface area contributed by atoms with Gasteiger partial charge in [0.05, 0.1) is 22.1 Å². The molecular weight excluding hydrogens is 408 g/mol. The molecule has 0 aromatic heterocycles. The van der Waals surface area contributed by atoms with E-state index in [4.69, 9.17) is 0 Å². The van der Waals surface area contributed by atoms with Gasteiger partial charge in [0.1, 0.15) is 10.5 Å². The van der Waals surface area contributed by atoms with Crippen molar-refractivity contribution in [1.29, 1.82) is 0 Å². The zero-order chi connectivity index (χ0) is 22.3. The van der Waals surface area contributed by atoms with Crippen molar-refractivity contribution in [2.75, 3.05) is 17.8 Å². The first-order chi connectivity index (χ1) is 13.1. The molecule has 0 aliphatic heterocycles. The molecule has 29 heavy (non-hydrogen) atoms. The van der Waals surface area contributed by atoms with E-state index < -0.39 is 21.3 Å². The van der Waals surface area contributed by atoms with Crippen molar-refractivity contribution in [3.05, 3.63) is 0 Å². The van der Waals surface area contributed by atoms with Crippen molar-refractivity contribution >= 4 is 32.6 Å². The first kappa shape index (κ1) is 24.9. The summed E-state index contributed by atoms with van der Waals surface area (Å²) in [4.78, 5) is 23.8. The molecule has 0 saturated heterocycles. The van der Waals surface area contributed by atoms with Crippen LogP contribution in [0, 0.1) is 22.7 Å². The van der Waals surface area contributed by atoms with Crippen LogP contribution in [0.4, 0.5) is 0 Å². The number of Topliss-reactive ketones (excluding diaryl/α,β-unsaturated/α-hetero) is 2. The van der Waals surface area contributed by atoms with E-state index in [0.29, 0.717) is 29.3 Å². The van der Waals surface area contributed by atoms with Gasteiger partial charge in [-0.25, -0.2) is 8.42 Å². The van der Waals surface area contributed by atoms with Gasteiger partial charge in [-0.3, -0.25) is 9.59 Å². The molecule has 3 rings (SSSR count). The van der Waals surface area contributed by atoms with Crippen LogP contribution in [0.3, 0.4) is 0 Å². The highest BCUT2D eigenvalue weighted by Crippen LogP contribution is 2.64. The Morgan fingerprint density at radius 2 is 1.72 bits per heavy atom. The molecule has 0 N–H and O–H groups in total. The third-order valence-corrected chi connectivity index (χ3v) is 11.4. The first-order valence-electron chi connectivity index (χ1n) is 10.7. The van der Waals surface area contributed by atoms with Gasteiger partial charge in [-0.2, -0.15) is 0 Å². The summed E-state index contributed by atoms with van der Waals surface area (Å²) < 4.78 is 33.0. The average Bonchev–Trinajstić information content (AvgIpc) is 3.20. The van der Waals surface area contributed by atoms with Gasteiger partial charge >= 0.3 is 0 Å². The van der Waals surface area contributed by atoms with Crippen LogP contribution in [-0.4, -0.2) is 47.0 Å². The molecule has 0 heterocycles. The highest BCUT2D eigenvalue weighted by molar-refractivity contribution is 7.98. The fourth-order valence-corrected chi connectivity index (χ4v) is 7.58. The van der Waals surface area contributed by atoms with Crippen LogP contribution in [-0.2, 0) is 30.6 Å². The van der Waals surface area contributed by atoms with Crippen LogP contribution in [0.1, 0.15) is 79.6 Å². The van der Waals surface area contributed by atoms with Gasteiger partial charge in [0.25, 0.3) is 0 Å². The van der Waals surface area contributed by atoms with Gasteiger partial charge < -0.3 is 4.55 Å². The number of hydrogen-bond donors (Lipinski definition) is 0. The summed E-state index contributed by atoms with van der Waals surface area (Å²) >= 11 is 0. The second-order valence-electron chi connectivity index (χ2n) is 10.7. The van der Waals surface area contributed by atoms with Crippen molar-refractivity contribution in [3.63, 3.8) is 0 Å². The predicted molar refractivity (Wildman–Crippen MR) is 118 cm³/mol. The zero-order valence-corrected chi connectivity index (χ0v) is 20.5. The molecule has 3 aliphatic carbocycles. The minimum Gasteiger partial charge on any atom is -0.748 e.